The number of hydrogen-bond acceptors (Lipinski definition) is 5. The molecule has 1 N–H and O–H groups in total. The second kappa shape index (κ2) is 9.44. The SMILES string of the molecule is COc1ccc(C(CNC(=O)c2c(C)noc2C(C)C)N2CCC(C)CC2)cc1. The number of ether oxygens (including phenoxy) is 1. The lowest BCUT2D eigenvalue weighted by Gasteiger charge is -2.37. The number of nitrogens with zero attached hydrogens (tertiary/aromatic N) is 2. The zero-order chi connectivity index (χ0) is 21.0. The highest BCUT2D eigenvalue weighted by Crippen LogP contribution is 2.28. The number of carbonyl (C=O) groups is 1. The summed E-state index contributed by atoms with van der Waals surface area (Å²) in [4.78, 5) is 15.5. The molecule has 6 nitrogen and oxygen atoms in total. The molecule has 0 spiro atoms. The highest BCUT2D eigenvalue weighted by molar-refractivity contribution is 5.96. The van der Waals surface area contributed by atoms with Gasteiger partial charge in [-0.3, -0.25) is 9.69 Å². The van der Waals surface area contributed by atoms with Crippen LogP contribution in [0.25, 0.3) is 0 Å². The molecule has 1 aliphatic rings. The molecule has 6 heteroatoms. The van der Waals surface area contributed by atoms with Crippen LogP contribution in [0.4, 0.5) is 0 Å². The van der Waals surface area contributed by atoms with E-state index in [1.54, 1.807) is 7.11 Å². The van der Waals surface area contributed by atoms with Gasteiger partial charge in [0.05, 0.1) is 18.8 Å². The number of likely N-dealkylation sites (tertiary alicyclic amines) is 1. The summed E-state index contributed by atoms with van der Waals surface area (Å²) in [7, 11) is 1.67. The van der Waals surface area contributed by atoms with Crippen LogP contribution in [-0.2, 0) is 0 Å². The van der Waals surface area contributed by atoms with Gasteiger partial charge in [0.1, 0.15) is 11.3 Å². The number of amides is 1. The number of aromatic nitrogens is 1. The summed E-state index contributed by atoms with van der Waals surface area (Å²) in [5.74, 6) is 2.23. The van der Waals surface area contributed by atoms with Gasteiger partial charge in [0, 0.05) is 12.5 Å². The van der Waals surface area contributed by atoms with Gasteiger partial charge in [0.25, 0.3) is 5.91 Å². The van der Waals surface area contributed by atoms with E-state index in [1.165, 1.54) is 18.4 Å². The first kappa shape index (κ1) is 21.4. The Kier molecular flexibility index (Phi) is 6.96. The van der Waals surface area contributed by atoms with Crippen LogP contribution in [0.1, 0.15) is 72.9 Å². The van der Waals surface area contributed by atoms with E-state index in [9.17, 15) is 4.79 Å². The predicted octanol–water partition coefficient (Wildman–Crippen LogP) is 4.32. The van der Waals surface area contributed by atoms with Crippen molar-refractivity contribution in [2.24, 2.45) is 5.92 Å². The molecule has 1 atom stereocenters. The van der Waals surface area contributed by atoms with Crippen LogP contribution < -0.4 is 10.1 Å². The molecular weight excluding hydrogens is 366 g/mol. The van der Waals surface area contributed by atoms with Crippen LogP contribution in [0.3, 0.4) is 0 Å². The molecule has 29 heavy (non-hydrogen) atoms. The lowest BCUT2D eigenvalue weighted by molar-refractivity contribution is 0.0910. The van der Waals surface area contributed by atoms with Crippen molar-refractivity contribution in [2.45, 2.75) is 52.5 Å². The van der Waals surface area contributed by atoms with Crippen molar-refractivity contribution in [3.05, 3.63) is 46.8 Å². The van der Waals surface area contributed by atoms with Gasteiger partial charge in [-0.05, 0) is 56.5 Å². The van der Waals surface area contributed by atoms with Gasteiger partial charge >= 0.3 is 0 Å². The lowest BCUT2D eigenvalue weighted by Crippen LogP contribution is -2.42. The van der Waals surface area contributed by atoms with Gasteiger partial charge < -0.3 is 14.6 Å². The average Bonchev–Trinajstić information content (AvgIpc) is 3.11. The first-order valence-electron chi connectivity index (χ1n) is 10.5. The summed E-state index contributed by atoms with van der Waals surface area (Å²) in [5, 5.41) is 7.15. The Balaban J connectivity index is 1.78. The van der Waals surface area contributed by atoms with E-state index in [0.717, 1.165) is 24.8 Å². The van der Waals surface area contributed by atoms with Gasteiger partial charge in [-0.15, -0.1) is 0 Å². The molecule has 1 fully saturated rings. The lowest BCUT2D eigenvalue weighted by atomic mass is 9.95. The van der Waals surface area contributed by atoms with Crippen LogP contribution in [-0.4, -0.2) is 42.7 Å². The number of piperidine rings is 1. The summed E-state index contributed by atoms with van der Waals surface area (Å²) in [5.41, 5.74) is 2.39. The van der Waals surface area contributed by atoms with E-state index in [0.29, 0.717) is 23.6 Å². The van der Waals surface area contributed by atoms with Gasteiger partial charge in [0.15, 0.2) is 5.76 Å². The average molecular weight is 400 g/mol. The molecule has 0 aliphatic carbocycles. The maximum absolute atomic E-state index is 13.0. The van der Waals surface area contributed by atoms with Crippen LogP contribution in [0, 0.1) is 12.8 Å². The predicted molar refractivity (Wildman–Crippen MR) is 113 cm³/mol. The van der Waals surface area contributed by atoms with Gasteiger partial charge in [-0.1, -0.05) is 38.1 Å². The maximum Gasteiger partial charge on any atom is 0.256 e. The number of carbonyl (C=O) groups excluding carboxylic acids is 1. The first-order chi connectivity index (χ1) is 13.9. The van der Waals surface area contributed by atoms with Crippen molar-refractivity contribution >= 4 is 5.91 Å². The van der Waals surface area contributed by atoms with E-state index in [1.807, 2.05) is 32.9 Å². The molecule has 1 aliphatic heterocycles. The van der Waals surface area contributed by atoms with Gasteiger partial charge in [-0.2, -0.15) is 0 Å². The molecule has 2 heterocycles. The molecule has 2 aromatic rings. The fraction of sp³-hybridized carbons (Fsp3) is 0.565. The Morgan fingerprint density at radius 1 is 1.28 bits per heavy atom. The molecule has 1 amide bonds. The molecule has 3 rings (SSSR count). The molecule has 158 valence electrons. The van der Waals surface area contributed by atoms with E-state index in [2.05, 4.69) is 34.4 Å². The van der Waals surface area contributed by atoms with Crippen molar-refractivity contribution in [3.63, 3.8) is 0 Å². The third-order valence-electron chi connectivity index (χ3n) is 5.86. The number of hydrogen-bond donors (Lipinski definition) is 1. The van der Waals surface area contributed by atoms with Crippen LogP contribution in [0.15, 0.2) is 28.8 Å². The monoisotopic (exact) mass is 399 g/mol. The van der Waals surface area contributed by atoms with E-state index >= 15 is 0 Å². The van der Waals surface area contributed by atoms with Crippen LogP contribution in [0.5, 0.6) is 5.75 Å². The Labute approximate surface area is 173 Å². The van der Waals surface area contributed by atoms with Gasteiger partial charge in [-0.25, -0.2) is 0 Å². The van der Waals surface area contributed by atoms with Gasteiger partial charge in [0.2, 0.25) is 0 Å². The Morgan fingerprint density at radius 3 is 2.52 bits per heavy atom. The fourth-order valence-electron chi connectivity index (χ4n) is 3.96. The van der Waals surface area contributed by atoms with E-state index in [-0.39, 0.29) is 17.9 Å². The zero-order valence-electron chi connectivity index (χ0n) is 18.2. The van der Waals surface area contributed by atoms with Crippen molar-refractivity contribution < 1.29 is 14.1 Å². The Bertz CT molecular complexity index is 805. The smallest absolute Gasteiger partial charge is 0.256 e. The maximum atomic E-state index is 13.0. The summed E-state index contributed by atoms with van der Waals surface area (Å²) in [6.07, 6.45) is 2.37. The third kappa shape index (κ3) is 4.99. The highest BCUT2D eigenvalue weighted by Gasteiger charge is 2.27. The largest absolute Gasteiger partial charge is 0.497 e. The molecule has 1 saturated heterocycles. The van der Waals surface area contributed by atoms with Crippen molar-refractivity contribution in [2.75, 3.05) is 26.7 Å². The minimum atomic E-state index is -0.115. The standard InChI is InChI=1S/C23H33N3O3/c1-15(2)22-21(17(4)25-29-22)23(27)24-14-20(26-12-10-16(3)11-13-26)18-6-8-19(28-5)9-7-18/h6-9,15-16,20H,10-14H2,1-5H3,(H,24,27). The van der Waals surface area contributed by atoms with Crippen LogP contribution >= 0.6 is 0 Å². The molecule has 0 saturated carbocycles. The second-order valence-corrected chi connectivity index (χ2v) is 8.38. The molecule has 0 bridgehead atoms. The van der Waals surface area contributed by atoms with E-state index in [4.69, 9.17) is 9.26 Å². The highest BCUT2D eigenvalue weighted by atomic mass is 16.5. The fourth-order valence-corrected chi connectivity index (χ4v) is 3.96. The van der Waals surface area contributed by atoms with Crippen molar-refractivity contribution in [1.29, 1.82) is 0 Å². The first-order valence-corrected chi connectivity index (χ1v) is 10.5. The summed E-state index contributed by atoms with van der Waals surface area (Å²) >= 11 is 0. The normalized spacial score (nSPS) is 16.8. The molecule has 1 unspecified atom stereocenters. The number of benzene rings is 1. The molecule has 0 radical (unpaired) electrons. The topological polar surface area (TPSA) is 67.6 Å². The molecule has 1 aromatic heterocycles. The summed E-state index contributed by atoms with van der Waals surface area (Å²) in [6.45, 7) is 10.8. The number of methoxy groups -OCH3 is 1. The summed E-state index contributed by atoms with van der Waals surface area (Å²) < 4.78 is 10.7. The number of rotatable bonds is 7. The minimum Gasteiger partial charge on any atom is -0.497 e. The second-order valence-electron chi connectivity index (χ2n) is 8.38. The minimum absolute atomic E-state index is 0.109. The summed E-state index contributed by atoms with van der Waals surface area (Å²) in [6, 6.07) is 8.28. The van der Waals surface area contributed by atoms with Crippen molar-refractivity contribution in [1.82, 2.24) is 15.4 Å². The van der Waals surface area contributed by atoms with Crippen LogP contribution in [0.2, 0.25) is 0 Å². The third-order valence-corrected chi connectivity index (χ3v) is 5.86. The number of aryl methyl sites for hydroxylation is 1. The quantitative estimate of drug-likeness (QED) is 0.751. The molecular formula is C23H33N3O3. The number of nitrogens with one attached hydrogen (secondary N) is 1. The van der Waals surface area contributed by atoms with Crippen molar-refractivity contribution in [3.8, 4) is 5.75 Å². The molecule has 1 aromatic carbocycles. The van der Waals surface area contributed by atoms with E-state index < -0.39 is 0 Å². The Morgan fingerprint density at radius 2 is 1.93 bits per heavy atom. The zero-order valence-corrected chi connectivity index (χ0v) is 18.2. The Hall–Kier alpha value is -2.34.